The summed E-state index contributed by atoms with van der Waals surface area (Å²) in [6.45, 7) is 3.15. The van der Waals surface area contributed by atoms with Gasteiger partial charge >= 0.3 is 6.03 Å². The summed E-state index contributed by atoms with van der Waals surface area (Å²) in [6.07, 6.45) is 6.18. The Balaban J connectivity index is 1.43. The summed E-state index contributed by atoms with van der Waals surface area (Å²) in [6, 6.07) is 4.64. The molecule has 5 rings (SSSR count). The average molecular weight is 410 g/mol. The Morgan fingerprint density at radius 1 is 1.23 bits per heavy atom. The van der Waals surface area contributed by atoms with Crippen LogP contribution in [0.4, 0.5) is 19.3 Å². The Morgan fingerprint density at radius 2 is 2.07 bits per heavy atom. The summed E-state index contributed by atoms with van der Waals surface area (Å²) in [5.41, 5.74) is 2.55. The van der Waals surface area contributed by atoms with Crippen molar-refractivity contribution < 1.29 is 13.6 Å². The number of carbonyl (C=O) groups is 1. The van der Waals surface area contributed by atoms with E-state index in [4.69, 9.17) is 0 Å². The number of anilines is 1. The number of H-pyrrole nitrogens is 1. The number of nitrogens with zero attached hydrogens (tertiary/aromatic N) is 4. The molecule has 0 aliphatic carbocycles. The Labute approximate surface area is 170 Å². The number of carbonyl (C=O) groups excluding carboxylic acids is 1. The zero-order valence-corrected chi connectivity index (χ0v) is 16.3. The second kappa shape index (κ2) is 7.08. The van der Waals surface area contributed by atoms with Gasteiger partial charge in [0.1, 0.15) is 17.5 Å². The topological polar surface area (TPSA) is 78.3 Å². The van der Waals surface area contributed by atoms with E-state index >= 15 is 0 Å². The molecule has 2 amide bonds. The number of amides is 2. The minimum Gasteiger partial charge on any atom is -0.345 e. The van der Waals surface area contributed by atoms with Gasteiger partial charge in [-0.25, -0.2) is 23.5 Å². The number of aromatic amines is 1. The smallest absolute Gasteiger partial charge is 0.321 e. The highest BCUT2D eigenvalue weighted by Gasteiger charge is 2.33. The summed E-state index contributed by atoms with van der Waals surface area (Å²) in [5, 5.41) is 2.55. The number of hydrogen-bond donors (Lipinski definition) is 2. The van der Waals surface area contributed by atoms with Crippen LogP contribution in [0.15, 0.2) is 42.9 Å². The molecule has 1 aromatic carbocycles. The van der Waals surface area contributed by atoms with Gasteiger partial charge in [-0.15, -0.1) is 0 Å². The van der Waals surface area contributed by atoms with Gasteiger partial charge in [0.2, 0.25) is 0 Å². The number of aromatic nitrogens is 4. The lowest BCUT2D eigenvalue weighted by Gasteiger charge is -2.36. The molecule has 0 bridgehead atoms. The standard InChI is InChI=1S/C21H20F2N6O/c1-12-5-7-28(21(30)27-17-3-2-13(22)8-16(17)23)11-15(12)20-26-10-14-9-25-19-18(29(14)20)4-6-24-19/h2-4,6,8-10,12,15,24H,5,7,11H2,1H3,(H,27,30)/t12-,15?/m1/s1. The second-order valence-electron chi connectivity index (χ2n) is 7.72. The van der Waals surface area contributed by atoms with Crippen molar-refractivity contribution in [3.63, 3.8) is 0 Å². The lowest BCUT2D eigenvalue weighted by atomic mass is 9.86. The van der Waals surface area contributed by atoms with Gasteiger partial charge in [0.05, 0.1) is 29.1 Å². The number of piperidine rings is 1. The zero-order valence-electron chi connectivity index (χ0n) is 16.3. The Bertz CT molecular complexity index is 1250. The molecule has 0 radical (unpaired) electrons. The highest BCUT2D eigenvalue weighted by atomic mass is 19.1. The van der Waals surface area contributed by atoms with Crippen LogP contribution in [-0.4, -0.2) is 43.4 Å². The third-order valence-electron chi connectivity index (χ3n) is 5.84. The lowest BCUT2D eigenvalue weighted by molar-refractivity contribution is 0.170. The molecular weight excluding hydrogens is 390 g/mol. The van der Waals surface area contributed by atoms with Crippen molar-refractivity contribution >= 4 is 28.4 Å². The first kappa shape index (κ1) is 18.5. The molecule has 2 atom stereocenters. The lowest BCUT2D eigenvalue weighted by Crippen LogP contribution is -2.44. The largest absolute Gasteiger partial charge is 0.345 e. The number of imidazole rings is 1. The molecule has 0 spiro atoms. The van der Waals surface area contributed by atoms with Gasteiger partial charge in [-0.2, -0.15) is 0 Å². The minimum atomic E-state index is -0.799. The summed E-state index contributed by atoms with van der Waals surface area (Å²) in [5.74, 6) is -0.300. The quantitative estimate of drug-likeness (QED) is 0.521. The van der Waals surface area contributed by atoms with E-state index in [0.717, 1.165) is 41.1 Å². The van der Waals surface area contributed by atoms with Crippen LogP contribution in [0.2, 0.25) is 0 Å². The molecule has 1 aliphatic rings. The fourth-order valence-electron chi connectivity index (χ4n) is 4.14. The van der Waals surface area contributed by atoms with Crippen LogP contribution in [0.3, 0.4) is 0 Å². The van der Waals surface area contributed by atoms with Crippen molar-refractivity contribution in [1.82, 2.24) is 24.3 Å². The zero-order chi connectivity index (χ0) is 20.8. The van der Waals surface area contributed by atoms with Gasteiger partial charge in [-0.05, 0) is 30.5 Å². The van der Waals surface area contributed by atoms with Gasteiger partial charge in [-0.3, -0.25) is 4.40 Å². The molecule has 1 unspecified atom stereocenters. The summed E-state index contributed by atoms with van der Waals surface area (Å²) in [7, 11) is 0. The van der Waals surface area contributed by atoms with Crippen LogP contribution < -0.4 is 5.32 Å². The molecule has 7 nitrogen and oxygen atoms in total. The predicted molar refractivity (Wildman–Crippen MR) is 108 cm³/mol. The molecule has 4 aromatic rings. The van der Waals surface area contributed by atoms with Gasteiger partial charge in [0, 0.05) is 31.3 Å². The van der Waals surface area contributed by atoms with Gasteiger partial charge in [0.25, 0.3) is 0 Å². The van der Waals surface area contributed by atoms with Crippen LogP contribution in [-0.2, 0) is 0 Å². The molecule has 1 aliphatic heterocycles. The number of halogens is 2. The van der Waals surface area contributed by atoms with Crippen LogP contribution in [0.1, 0.15) is 25.1 Å². The molecule has 2 N–H and O–H groups in total. The molecule has 4 heterocycles. The number of nitrogens with one attached hydrogen (secondary N) is 2. The first-order valence-corrected chi connectivity index (χ1v) is 9.81. The van der Waals surface area contributed by atoms with Gasteiger partial charge in [0.15, 0.2) is 5.65 Å². The maximum Gasteiger partial charge on any atom is 0.321 e. The van der Waals surface area contributed by atoms with Gasteiger partial charge < -0.3 is 15.2 Å². The molecule has 154 valence electrons. The SMILES string of the molecule is C[C@@H]1CCN(C(=O)Nc2ccc(F)cc2F)CC1c1ncc2cnc3[nH]ccc3n12. The van der Waals surface area contributed by atoms with Crippen molar-refractivity contribution in [3.05, 3.63) is 60.3 Å². The highest BCUT2D eigenvalue weighted by molar-refractivity contribution is 5.89. The fourth-order valence-corrected chi connectivity index (χ4v) is 4.14. The number of benzene rings is 1. The van der Waals surface area contributed by atoms with Crippen LogP contribution >= 0.6 is 0 Å². The van der Waals surface area contributed by atoms with E-state index in [0.29, 0.717) is 19.0 Å². The van der Waals surface area contributed by atoms with E-state index < -0.39 is 17.7 Å². The molecule has 30 heavy (non-hydrogen) atoms. The predicted octanol–water partition coefficient (Wildman–Crippen LogP) is 4.15. The van der Waals surface area contributed by atoms with Crippen molar-refractivity contribution in [2.75, 3.05) is 18.4 Å². The highest BCUT2D eigenvalue weighted by Crippen LogP contribution is 2.33. The van der Waals surface area contributed by atoms with E-state index in [9.17, 15) is 13.6 Å². The maximum absolute atomic E-state index is 13.9. The van der Waals surface area contributed by atoms with E-state index in [1.54, 1.807) is 17.3 Å². The van der Waals surface area contributed by atoms with E-state index in [1.165, 1.54) is 6.07 Å². The second-order valence-corrected chi connectivity index (χ2v) is 7.72. The van der Waals surface area contributed by atoms with Gasteiger partial charge in [-0.1, -0.05) is 6.92 Å². The van der Waals surface area contributed by atoms with Crippen LogP contribution in [0.5, 0.6) is 0 Å². The van der Waals surface area contributed by atoms with Crippen LogP contribution in [0.25, 0.3) is 16.7 Å². The van der Waals surface area contributed by atoms with Crippen molar-refractivity contribution in [1.29, 1.82) is 0 Å². The molecule has 1 saturated heterocycles. The molecule has 9 heteroatoms. The molecular formula is C21H20F2N6O. The third-order valence-corrected chi connectivity index (χ3v) is 5.84. The number of likely N-dealkylation sites (tertiary alicyclic amines) is 1. The number of urea groups is 1. The Morgan fingerprint density at radius 3 is 2.90 bits per heavy atom. The van der Waals surface area contributed by atoms with E-state index in [2.05, 4.69) is 31.6 Å². The third kappa shape index (κ3) is 3.06. The first-order valence-electron chi connectivity index (χ1n) is 9.81. The fraction of sp³-hybridized carbons (Fsp3) is 0.286. The van der Waals surface area contributed by atoms with Crippen molar-refractivity contribution in [2.45, 2.75) is 19.3 Å². The molecule has 3 aromatic heterocycles. The number of fused-ring (bicyclic) bond motifs is 3. The summed E-state index contributed by atoms with van der Waals surface area (Å²) < 4.78 is 29.1. The maximum atomic E-state index is 13.9. The van der Waals surface area contributed by atoms with E-state index in [-0.39, 0.29) is 11.6 Å². The Hall–Kier alpha value is -3.49. The normalized spacial score (nSPS) is 19.5. The van der Waals surface area contributed by atoms with Crippen molar-refractivity contribution in [3.8, 4) is 0 Å². The van der Waals surface area contributed by atoms with Crippen molar-refractivity contribution in [2.24, 2.45) is 5.92 Å². The minimum absolute atomic E-state index is 0.00515. The van der Waals surface area contributed by atoms with E-state index in [1.807, 2.05) is 12.3 Å². The Kier molecular flexibility index (Phi) is 4.38. The number of rotatable bonds is 2. The molecule has 0 saturated carbocycles. The summed E-state index contributed by atoms with van der Waals surface area (Å²) >= 11 is 0. The molecule has 1 fully saturated rings. The first-order chi connectivity index (χ1) is 14.5. The monoisotopic (exact) mass is 410 g/mol. The average Bonchev–Trinajstić information content (AvgIpc) is 3.36. The number of hydrogen-bond acceptors (Lipinski definition) is 3. The summed E-state index contributed by atoms with van der Waals surface area (Å²) in [4.78, 5) is 26.6. The van der Waals surface area contributed by atoms with Crippen LogP contribution in [0, 0.1) is 17.6 Å².